The molecule has 1 heterocycles. The van der Waals surface area contributed by atoms with E-state index >= 15 is 0 Å². The molecule has 5 heteroatoms. The molecule has 5 nitrogen and oxygen atoms in total. The van der Waals surface area contributed by atoms with Crippen molar-refractivity contribution < 1.29 is 14.3 Å². The van der Waals surface area contributed by atoms with E-state index in [1.54, 1.807) is 6.08 Å². The fourth-order valence-corrected chi connectivity index (χ4v) is 7.27. The Morgan fingerprint density at radius 3 is 2.82 bits per heavy atom. The molecule has 0 aromatic carbocycles. The number of nitrogens with one attached hydrogen (secondary N) is 1. The molecule has 28 heavy (non-hydrogen) atoms. The first kappa shape index (κ1) is 19.4. The molecular formula is C23H32N2O3. The van der Waals surface area contributed by atoms with Crippen molar-refractivity contribution in [3.8, 4) is 12.3 Å². The molecule has 3 aliphatic carbocycles. The van der Waals surface area contributed by atoms with Gasteiger partial charge in [0.1, 0.15) is 0 Å². The third kappa shape index (κ3) is 2.76. The number of ether oxygens (including phenoxy) is 1. The summed E-state index contributed by atoms with van der Waals surface area (Å²) in [7, 11) is 1.96. The summed E-state index contributed by atoms with van der Waals surface area (Å²) in [5, 5.41) is 3.10. The molecule has 0 aromatic rings. The van der Waals surface area contributed by atoms with Gasteiger partial charge in [-0.2, -0.15) is 0 Å². The van der Waals surface area contributed by atoms with Gasteiger partial charge < -0.3 is 15.0 Å². The van der Waals surface area contributed by atoms with Crippen molar-refractivity contribution in [2.75, 3.05) is 13.7 Å². The lowest BCUT2D eigenvalue weighted by Crippen LogP contribution is -2.60. The zero-order valence-electron chi connectivity index (χ0n) is 17.2. The summed E-state index contributed by atoms with van der Waals surface area (Å²) in [6, 6.07) is 0.463. The number of hydrogen-bond acceptors (Lipinski definition) is 3. The number of carbonyl (C=O) groups is 2. The van der Waals surface area contributed by atoms with Crippen LogP contribution in [0.5, 0.6) is 0 Å². The fourth-order valence-electron chi connectivity index (χ4n) is 7.27. The van der Waals surface area contributed by atoms with E-state index in [1.807, 2.05) is 11.9 Å². The van der Waals surface area contributed by atoms with E-state index in [1.165, 1.54) is 6.42 Å². The van der Waals surface area contributed by atoms with Gasteiger partial charge in [-0.25, -0.2) is 4.79 Å². The maximum Gasteiger partial charge on any atom is 0.408 e. The summed E-state index contributed by atoms with van der Waals surface area (Å²) in [5.74, 6) is 4.35. The van der Waals surface area contributed by atoms with Crippen molar-refractivity contribution in [1.29, 1.82) is 0 Å². The van der Waals surface area contributed by atoms with Crippen LogP contribution in [0.3, 0.4) is 0 Å². The van der Waals surface area contributed by atoms with Gasteiger partial charge >= 0.3 is 6.09 Å². The van der Waals surface area contributed by atoms with Crippen molar-refractivity contribution >= 4 is 12.0 Å². The zero-order chi connectivity index (χ0) is 20.1. The molecule has 3 fully saturated rings. The Morgan fingerprint density at radius 2 is 2.07 bits per heavy atom. The van der Waals surface area contributed by atoms with E-state index in [2.05, 4.69) is 31.2 Å². The number of amides is 2. The topological polar surface area (TPSA) is 58.6 Å². The van der Waals surface area contributed by atoms with Gasteiger partial charge in [0.15, 0.2) is 6.61 Å². The summed E-state index contributed by atoms with van der Waals surface area (Å²) in [6.07, 6.45) is 15.4. The number of nitrogens with zero attached hydrogens (tertiary/aromatic N) is 1. The Balaban J connectivity index is 1.54. The minimum absolute atomic E-state index is 0.0156. The lowest BCUT2D eigenvalue weighted by molar-refractivity contribution is -0.138. The third-order valence-corrected chi connectivity index (χ3v) is 8.71. The van der Waals surface area contributed by atoms with Gasteiger partial charge in [-0.15, -0.1) is 6.42 Å². The van der Waals surface area contributed by atoms with Crippen LogP contribution in [0, 0.1) is 40.9 Å². The molecule has 1 aliphatic heterocycles. The Kier molecular flexibility index (Phi) is 4.72. The Labute approximate surface area is 168 Å². The smallest absolute Gasteiger partial charge is 0.408 e. The molecule has 3 saturated carbocycles. The van der Waals surface area contributed by atoms with Crippen LogP contribution < -0.4 is 5.32 Å². The van der Waals surface area contributed by atoms with E-state index in [0.717, 1.165) is 32.1 Å². The monoisotopic (exact) mass is 384 g/mol. The largest absolute Gasteiger partial charge is 0.436 e. The van der Waals surface area contributed by atoms with Gasteiger partial charge in [-0.05, 0) is 67.8 Å². The number of terminal acetylenes is 1. The number of hydrogen-bond donors (Lipinski definition) is 1. The Bertz CT molecular complexity index is 741. The molecule has 4 rings (SSSR count). The fraction of sp³-hybridized carbons (Fsp3) is 0.739. The second kappa shape index (κ2) is 6.83. The molecule has 4 aliphatic rings. The Morgan fingerprint density at radius 1 is 1.29 bits per heavy atom. The van der Waals surface area contributed by atoms with Gasteiger partial charge in [0.2, 0.25) is 5.91 Å². The summed E-state index contributed by atoms with van der Waals surface area (Å²) >= 11 is 0. The van der Waals surface area contributed by atoms with E-state index in [0.29, 0.717) is 23.8 Å². The summed E-state index contributed by atoms with van der Waals surface area (Å²) in [6.45, 7) is 4.73. The highest BCUT2D eigenvalue weighted by Crippen LogP contribution is 2.63. The molecule has 152 valence electrons. The second-order valence-electron chi connectivity index (χ2n) is 9.72. The normalized spacial score (nSPS) is 44.1. The minimum Gasteiger partial charge on any atom is -0.436 e. The van der Waals surface area contributed by atoms with E-state index < -0.39 is 6.09 Å². The van der Waals surface area contributed by atoms with E-state index in [9.17, 15) is 9.59 Å². The van der Waals surface area contributed by atoms with Gasteiger partial charge in [0.05, 0.1) is 0 Å². The predicted molar refractivity (Wildman–Crippen MR) is 107 cm³/mol. The maximum atomic E-state index is 12.2. The number of likely N-dealkylation sites (N-methyl/N-ethyl adjacent to an activating group) is 1. The molecule has 1 N–H and O–H groups in total. The molecule has 0 bridgehead atoms. The first-order valence-corrected chi connectivity index (χ1v) is 10.6. The average Bonchev–Trinajstić information content (AvgIpc) is 3.00. The van der Waals surface area contributed by atoms with E-state index in [-0.39, 0.29) is 29.4 Å². The maximum absolute atomic E-state index is 12.2. The number of fused-ring (bicyclic) bond motifs is 5. The highest BCUT2D eigenvalue weighted by Gasteiger charge is 2.60. The van der Waals surface area contributed by atoms with Crippen molar-refractivity contribution in [2.45, 2.75) is 64.5 Å². The van der Waals surface area contributed by atoms with Crippen molar-refractivity contribution in [1.82, 2.24) is 10.2 Å². The molecule has 0 aromatic heterocycles. The zero-order valence-corrected chi connectivity index (χ0v) is 17.2. The van der Waals surface area contributed by atoms with Crippen LogP contribution in [0.15, 0.2) is 12.2 Å². The predicted octanol–water partition coefficient (Wildman–Crippen LogP) is 3.35. The van der Waals surface area contributed by atoms with Crippen molar-refractivity contribution in [3.05, 3.63) is 12.2 Å². The van der Waals surface area contributed by atoms with Crippen LogP contribution in [0.1, 0.15) is 52.4 Å². The van der Waals surface area contributed by atoms with E-state index in [4.69, 9.17) is 11.2 Å². The molecule has 2 amide bonds. The number of carbonyl (C=O) groups excluding carboxylic acids is 2. The van der Waals surface area contributed by atoms with Crippen molar-refractivity contribution in [3.63, 3.8) is 0 Å². The van der Waals surface area contributed by atoms with Crippen LogP contribution in [-0.4, -0.2) is 42.6 Å². The lowest BCUT2D eigenvalue weighted by Gasteiger charge is -2.60. The van der Waals surface area contributed by atoms with Crippen LogP contribution in [0.25, 0.3) is 0 Å². The molecule has 0 spiro atoms. The number of rotatable bonds is 2. The summed E-state index contributed by atoms with van der Waals surface area (Å²) < 4.78 is 5.06. The third-order valence-electron chi connectivity index (χ3n) is 8.71. The average molecular weight is 385 g/mol. The van der Waals surface area contributed by atoms with Crippen LogP contribution in [0.4, 0.5) is 4.79 Å². The molecular weight excluding hydrogens is 352 g/mol. The Hall–Kier alpha value is -1.96. The first-order valence-electron chi connectivity index (χ1n) is 10.6. The first-order chi connectivity index (χ1) is 13.3. The van der Waals surface area contributed by atoms with Gasteiger partial charge in [0.25, 0.3) is 0 Å². The number of alkyl carbamates (subject to hydrolysis) is 1. The van der Waals surface area contributed by atoms with Crippen LogP contribution in [0.2, 0.25) is 0 Å². The molecule has 0 unspecified atom stereocenters. The second-order valence-corrected chi connectivity index (χ2v) is 9.72. The quantitative estimate of drug-likeness (QED) is 0.743. The highest BCUT2D eigenvalue weighted by atomic mass is 16.5. The van der Waals surface area contributed by atoms with Crippen LogP contribution in [-0.2, 0) is 9.53 Å². The molecule has 0 saturated heterocycles. The minimum atomic E-state index is -0.391. The van der Waals surface area contributed by atoms with Crippen molar-refractivity contribution in [2.24, 2.45) is 28.6 Å². The van der Waals surface area contributed by atoms with Gasteiger partial charge in [-0.1, -0.05) is 25.8 Å². The summed E-state index contributed by atoms with van der Waals surface area (Å²) in [4.78, 5) is 26.2. The molecule has 0 radical (unpaired) electrons. The summed E-state index contributed by atoms with van der Waals surface area (Å²) in [5.41, 5.74) is 0.170. The molecule has 7 atom stereocenters. The SMILES string of the molecule is C#CCOC(=O)N[C@H]1CC[C@H]2[C@@H]3CC[C@H]4N(C)C(=O)C=C[C@]4(C)[C@H]3CC[C@]12C. The van der Waals surface area contributed by atoms with Gasteiger partial charge in [-0.3, -0.25) is 4.79 Å². The highest BCUT2D eigenvalue weighted by molar-refractivity contribution is 5.89. The standard InChI is InChI=1S/C23H32N2O3/c1-5-14-28-21(27)24-18-8-7-16-15-6-9-19-23(3,13-11-20(26)25(19)4)17(15)10-12-22(16,18)2/h1,11,13,15-19H,6-10,12,14H2,2-4H3,(H,24,27)/t15-,16-,17-,18-,19+,22-,23+/m0/s1. The van der Waals surface area contributed by atoms with Crippen LogP contribution >= 0.6 is 0 Å². The lowest BCUT2D eigenvalue weighted by atomic mass is 9.48. The van der Waals surface area contributed by atoms with Gasteiger partial charge in [0, 0.05) is 24.5 Å².